The Morgan fingerprint density at radius 2 is 1.48 bits per heavy atom. The molecule has 2 aromatic carbocycles. The van der Waals surface area contributed by atoms with Crippen LogP contribution in [0.2, 0.25) is 0 Å². The molecule has 0 aliphatic carbocycles. The van der Waals surface area contributed by atoms with Crippen LogP contribution in [-0.2, 0) is 9.53 Å². The van der Waals surface area contributed by atoms with E-state index >= 15 is 0 Å². The lowest BCUT2D eigenvalue weighted by Gasteiger charge is -2.30. The zero-order valence-electron chi connectivity index (χ0n) is 19.7. The highest BCUT2D eigenvalue weighted by Gasteiger charge is 2.35. The third-order valence-corrected chi connectivity index (χ3v) is 5.28. The van der Waals surface area contributed by atoms with Crippen LogP contribution in [0.4, 0.5) is 0 Å². The number of hydrogen-bond acceptors (Lipinski definition) is 5. The minimum atomic E-state index is -1.13. The first-order valence-corrected chi connectivity index (χ1v) is 11.4. The Morgan fingerprint density at radius 1 is 0.935 bits per heavy atom. The fourth-order valence-corrected chi connectivity index (χ4v) is 3.37. The van der Waals surface area contributed by atoms with Crippen molar-refractivity contribution in [3.05, 3.63) is 64.7 Å². The highest BCUT2D eigenvalue weighted by Crippen LogP contribution is 2.30. The van der Waals surface area contributed by atoms with E-state index in [0.29, 0.717) is 11.3 Å². The van der Waals surface area contributed by atoms with Crippen molar-refractivity contribution in [2.24, 2.45) is 0 Å². The number of benzene rings is 2. The lowest BCUT2D eigenvalue weighted by atomic mass is 10.0. The first-order chi connectivity index (χ1) is 14.3. The third kappa shape index (κ3) is 7.00. The SMILES string of the molecule is CSc1ccc(C(=O)/C=C/c2cc(C)c(OC(C)(C)C(=O)OC(C)(C)C)c(C)c2)cc1. The van der Waals surface area contributed by atoms with E-state index in [1.165, 1.54) is 0 Å². The van der Waals surface area contributed by atoms with Gasteiger partial charge in [-0.3, -0.25) is 4.79 Å². The fourth-order valence-electron chi connectivity index (χ4n) is 2.96. The molecule has 0 bridgehead atoms. The van der Waals surface area contributed by atoms with Crippen molar-refractivity contribution in [1.29, 1.82) is 0 Å². The van der Waals surface area contributed by atoms with E-state index in [1.807, 2.05) is 77.3 Å². The number of thioether (sulfide) groups is 1. The number of aryl methyl sites for hydroxylation is 2. The Labute approximate surface area is 190 Å². The Balaban J connectivity index is 2.18. The van der Waals surface area contributed by atoms with Crippen molar-refractivity contribution in [2.45, 2.75) is 64.6 Å². The zero-order valence-corrected chi connectivity index (χ0v) is 20.5. The Bertz CT molecular complexity index is 956. The van der Waals surface area contributed by atoms with E-state index in [1.54, 1.807) is 37.8 Å². The third-order valence-electron chi connectivity index (χ3n) is 4.53. The molecule has 0 heterocycles. The molecule has 0 atom stereocenters. The van der Waals surface area contributed by atoms with Crippen molar-refractivity contribution < 1.29 is 19.1 Å². The Morgan fingerprint density at radius 3 is 1.97 bits per heavy atom. The van der Waals surface area contributed by atoms with Crippen LogP contribution in [0.25, 0.3) is 6.08 Å². The van der Waals surface area contributed by atoms with Crippen LogP contribution < -0.4 is 4.74 Å². The number of allylic oxidation sites excluding steroid dienone is 1. The van der Waals surface area contributed by atoms with Gasteiger partial charge in [-0.15, -0.1) is 11.8 Å². The molecule has 0 unspecified atom stereocenters. The average Bonchev–Trinajstić information content (AvgIpc) is 2.67. The van der Waals surface area contributed by atoms with Crippen LogP contribution in [0.5, 0.6) is 5.75 Å². The first-order valence-electron chi connectivity index (χ1n) is 10.2. The lowest BCUT2D eigenvalue weighted by Crippen LogP contribution is -2.43. The molecular weight excluding hydrogens is 408 g/mol. The van der Waals surface area contributed by atoms with Crippen LogP contribution in [0.3, 0.4) is 0 Å². The van der Waals surface area contributed by atoms with Gasteiger partial charge in [-0.2, -0.15) is 0 Å². The molecule has 0 aromatic heterocycles. The molecule has 31 heavy (non-hydrogen) atoms. The first kappa shape index (κ1) is 24.7. The number of hydrogen-bond donors (Lipinski definition) is 0. The molecule has 0 aliphatic rings. The van der Waals surface area contributed by atoms with Crippen molar-refractivity contribution >= 4 is 29.6 Å². The molecule has 2 rings (SSSR count). The van der Waals surface area contributed by atoms with Gasteiger partial charge < -0.3 is 9.47 Å². The Hall–Kier alpha value is -2.53. The van der Waals surface area contributed by atoms with E-state index in [9.17, 15) is 9.59 Å². The van der Waals surface area contributed by atoms with Crippen molar-refractivity contribution in [3.63, 3.8) is 0 Å². The maximum atomic E-state index is 12.5. The minimum Gasteiger partial charge on any atom is -0.476 e. The number of rotatable bonds is 7. The summed E-state index contributed by atoms with van der Waals surface area (Å²) in [5, 5.41) is 0. The Kier molecular flexibility index (Phi) is 7.77. The number of esters is 1. The van der Waals surface area contributed by atoms with Gasteiger partial charge in [0.2, 0.25) is 0 Å². The molecule has 0 spiro atoms. The second kappa shape index (κ2) is 9.73. The van der Waals surface area contributed by atoms with Crippen molar-refractivity contribution in [2.75, 3.05) is 6.26 Å². The summed E-state index contributed by atoms with van der Waals surface area (Å²) >= 11 is 1.64. The topological polar surface area (TPSA) is 52.6 Å². The van der Waals surface area contributed by atoms with Crippen LogP contribution in [-0.4, -0.2) is 29.2 Å². The van der Waals surface area contributed by atoms with Gasteiger partial charge in [0.05, 0.1) is 0 Å². The van der Waals surface area contributed by atoms with Gasteiger partial charge in [-0.25, -0.2) is 4.79 Å². The summed E-state index contributed by atoms with van der Waals surface area (Å²) in [6, 6.07) is 11.4. The molecule has 0 aliphatic heterocycles. The maximum Gasteiger partial charge on any atom is 0.350 e. The summed E-state index contributed by atoms with van der Waals surface area (Å²) in [5.74, 6) is 0.183. The van der Waals surface area contributed by atoms with Crippen LogP contribution >= 0.6 is 11.8 Å². The number of ether oxygens (including phenoxy) is 2. The molecule has 0 saturated carbocycles. The average molecular weight is 441 g/mol. The summed E-state index contributed by atoms with van der Waals surface area (Å²) in [5.41, 5.74) is 1.60. The quantitative estimate of drug-likeness (QED) is 0.215. The van der Waals surface area contributed by atoms with Crippen molar-refractivity contribution in [1.82, 2.24) is 0 Å². The van der Waals surface area contributed by atoms with Gasteiger partial charge in [-0.05, 0) is 114 Å². The molecule has 166 valence electrons. The van der Waals surface area contributed by atoms with Gasteiger partial charge in [-0.1, -0.05) is 6.08 Å². The van der Waals surface area contributed by atoms with Crippen molar-refractivity contribution in [3.8, 4) is 5.75 Å². The number of carbonyl (C=O) groups excluding carboxylic acids is 2. The fraction of sp³-hybridized carbons (Fsp3) is 0.385. The lowest BCUT2D eigenvalue weighted by molar-refractivity contribution is -0.171. The van der Waals surface area contributed by atoms with Gasteiger partial charge >= 0.3 is 5.97 Å². The molecule has 0 fully saturated rings. The second-order valence-corrected chi connectivity index (χ2v) is 9.90. The summed E-state index contributed by atoms with van der Waals surface area (Å²) < 4.78 is 11.6. The van der Waals surface area contributed by atoms with E-state index < -0.39 is 17.2 Å². The van der Waals surface area contributed by atoms with E-state index in [-0.39, 0.29) is 5.78 Å². The highest BCUT2D eigenvalue weighted by atomic mass is 32.2. The molecule has 0 radical (unpaired) electrons. The van der Waals surface area contributed by atoms with E-state index in [4.69, 9.17) is 9.47 Å². The number of carbonyl (C=O) groups is 2. The molecule has 0 saturated heterocycles. The van der Waals surface area contributed by atoms with E-state index in [0.717, 1.165) is 21.6 Å². The summed E-state index contributed by atoms with van der Waals surface area (Å²) in [6.07, 6.45) is 5.38. The maximum absolute atomic E-state index is 12.5. The zero-order chi connectivity index (χ0) is 23.4. The molecule has 4 nitrogen and oxygen atoms in total. The summed E-state index contributed by atoms with van der Waals surface area (Å²) in [4.78, 5) is 26.1. The van der Waals surface area contributed by atoms with Gasteiger partial charge in [0.15, 0.2) is 11.4 Å². The summed E-state index contributed by atoms with van der Waals surface area (Å²) in [7, 11) is 0. The van der Waals surface area contributed by atoms with Crippen LogP contribution in [0, 0.1) is 13.8 Å². The summed E-state index contributed by atoms with van der Waals surface area (Å²) in [6.45, 7) is 12.7. The molecule has 0 amide bonds. The van der Waals surface area contributed by atoms with Gasteiger partial charge in [0.25, 0.3) is 0 Å². The van der Waals surface area contributed by atoms with Crippen LogP contribution in [0.1, 0.15) is 61.7 Å². The van der Waals surface area contributed by atoms with E-state index in [2.05, 4.69) is 0 Å². The smallest absolute Gasteiger partial charge is 0.350 e. The molecule has 2 aromatic rings. The number of ketones is 1. The molecular formula is C26H32O4S. The highest BCUT2D eigenvalue weighted by molar-refractivity contribution is 7.98. The molecule has 5 heteroatoms. The predicted octanol–water partition coefficient (Wildman–Crippen LogP) is 6.42. The standard InChI is InChI=1S/C26H32O4S/c1-17-15-19(9-14-22(27)20-10-12-21(31-8)13-11-20)16-18(2)23(17)29-26(6,7)24(28)30-25(3,4)5/h9-16H,1-8H3/b14-9+. The minimum absolute atomic E-state index is 0.0469. The predicted molar refractivity (Wildman–Crippen MR) is 128 cm³/mol. The van der Waals surface area contributed by atoms with Gasteiger partial charge in [0.1, 0.15) is 11.4 Å². The molecule has 0 N–H and O–H groups in total. The normalized spacial score (nSPS) is 12.1. The second-order valence-electron chi connectivity index (χ2n) is 9.02. The largest absolute Gasteiger partial charge is 0.476 e. The van der Waals surface area contributed by atoms with Crippen LogP contribution in [0.15, 0.2) is 47.4 Å². The van der Waals surface area contributed by atoms with Gasteiger partial charge in [0, 0.05) is 10.5 Å². The monoisotopic (exact) mass is 440 g/mol.